The molecule has 0 saturated heterocycles. The van der Waals surface area contributed by atoms with E-state index in [1.807, 2.05) is 41.0 Å². The molecule has 0 fully saturated rings. The quantitative estimate of drug-likeness (QED) is 0.406. The number of ether oxygens (including phenoxy) is 1. The van der Waals surface area contributed by atoms with E-state index < -0.39 is 17.9 Å². The number of esters is 1. The average molecular weight is 440 g/mol. The van der Waals surface area contributed by atoms with Crippen LogP contribution < -0.4 is 4.90 Å². The highest BCUT2D eigenvalue weighted by molar-refractivity contribution is 6.30. The largest absolute Gasteiger partial charge is 0.465 e. The molecule has 1 amide bonds. The highest BCUT2D eigenvalue weighted by Crippen LogP contribution is 2.41. The lowest BCUT2D eigenvalue weighted by Gasteiger charge is -2.38. The normalized spacial score (nSPS) is 18.5. The van der Waals surface area contributed by atoms with Crippen molar-refractivity contribution in [3.8, 4) is 0 Å². The molecule has 2 atom stereocenters. The molecule has 2 aromatic carbocycles. The first-order valence-electron chi connectivity index (χ1n) is 10.6. The molecule has 31 heavy (non-hydrogen) atoms. The summed E-state index contributed by atoms with van der Waals surface area (Å²) < 4.78 is 7.35. The molecule has 0 aliphatic carbocycles. The van der Waals surface area contributed by atoms with Crippen LogP contribution in [0.5, 0.6) is 0 Å². The fraction of sp³-hybridized carbons (Fsp3) is 0.375. The molecular formula is C24H26ClN3O3. The predicted octanol–water partition coefficient (Wildman–Crippen LogP) is 4.85. The number of carbonyl (C=O) groups is 2. The highest BCUT2D eigenvalue weighted by Gasteiger charge is 2.47. The van der Waals surface area contributed by atoms with Crippen molar-refractivity contribution in [3.05, 3.63) is 59.1 Å². The third-order valence-corrected chi connectivity index (χ3v) is 5.84. The first kappa shape index (κ1) is 21.4. The van der Waals surface area contributed by atoms with Gasteiger partial charge in [-0.05, 0) is 49.1 Å². The maximum Gasteiger partial charge on any atom is 0.321 e. The Bertz CT molecular complexity index is 1120. The van der Waals surface area contributed by atoms with Crippen molar-refractivity contribution in [2.75, 3.05) is 18.1 Å². The number of nitrogens with zero attached hydrogens (tertiary/aromatic N) is 3. The first-order chi connectivity index (χ1) is 14.9. The van der Waals surface area contributed by atoms with Crippen molar-refractivity contribution in [3.63, 3.8) is 0 Å². The van der Waals surface area contributed by atoms with Gasteiger partial charge in [0.25, 0.3) is 0 Å². The van der Waals surface area contributed by atoms with Crippen molar-refractivity contribution >= 4 is 40.5 Å². The molecule has 1 aliphatic heterocycles. The van der Waals surface area contributed by atoms with E-state index in [0.29, 0.717) is 23.4 Å². The number of hydrogen-bond donors (Lipinski definition) is 0. The van der Waals surface area contributed by atoms with E-state index in [2.05, 4.69) is 13.8 Å². The lowest BCUT2D eigenvalue weighted by atomic mass is 9.89. The monoisotopic (exact) mass is 439 g/mol. The topological polar surface area (TPSA) is 64.4 Å². The summed E-state index contributed by atoms with van der Waals surface area (Å²) >= 11 is 6.28. The van der Waals surface area contributed by atoms with Crippen LogP contribution in [0.25, 0.3) is 11.0 Å². The highest BCUT2D eigenvalue weighted by atomic mass is 35.5. The van der Waals surface area contributed by atoms with Gasteiger partial charge in [-0.2, -0.15) is 0 Å². The van der Waals surface area contributed by atoms with Crippen LogP contribution in [-0.2, 0) is 14.3 Å². The smallest absolute Gasteiger partial charge is 0.321 e. The zero-order chi connectivity index (χ0) is 22.1. The summed E-state index contributed by atoms with van der Waals surface area (Å²) in [4.78, 5) is 33.2. The first-order valence-corrected chi connectivity index (χ1v) is 11.0. The molecule has 0 N–H and O–H groups in total. The standard InChI is InChI=1S/C24H26ClN3O3/c1-4-31-23(30)20-21(16-8-7-9-17(25)14-16)28-19-11-6-5-10-18(19)26-24(28)27(22(20)29)13-12-15(2)3/h5-11,14-15,20-21H,4,12-13H2,1-3H3/t20-,21+/m0/s1. The minimum atomic E-state index is -1.02. The number of benzene rings is 2. The van der Waals surface area contributed by atoms with E-state index in [4.69, 9.17) is 21.3 Å². The third-order valence-electron chi connectivity index (χ3n) is 5.61. The van der Waals surface area contributed by atoms with Gasteiger partial charge in [-0.25, -0.2) is 4.98 Å². The molecule has 0 radical (unpaired) electrons. The average Bonchev–Trinajstić information content (AvgIpc) is 3.11. The lowest BCUT2D eigenvalue weighted by molar-refractivity contribution is -0.153. The van der Waals surface area contributed by atoms with Gasteiger partial charge in [0.1, 0.15) is 0 Å². The third kappa shape index (κ3) is 3.92. The summed E-state index contributed by atoms with van der Waals surface area (Å²) in [5.41, 5.74) is 2.40. The Labute approximate surface area is 186 Å². The molecule has 1 aliphatic rings. The van der Waals surface area contributed by atoms with Crippen LogP contribution in [0.2, 0.25) is 5.02 Å². The Hall–Kier alpha value is -2.86. The maximum atomic E-state index is 13.7. The molecule has 2 heterocycles. The molecule has 3 aromatic rings. The Balaban J connectivity index is 1.97. The summed E-state index contributed by atoms with van der Waals surface area (Å²) in [6.45, 7) is 6.64. The van der Waals surface area contributed by atoms with Crippen molar-refractivity contribution < 1.29 is 14.3 Å². The number of hydrogen-bond acceptors (Lipinski definition) is 4. The van der Waals surface area contributed by atoms with Gasteiger partial charge >= 0.3 is 5.97 Å². The van der Waals surface area contributed by atoms with Gasteiger partial charge in [-0.15, -0.1) is 0 Å². The summed E-state index contributed by atoms with van der Waals surface area (Å²) in [7, 11) is 0. The summed E-state index contributed by atoms with van der Waals surface area (Å²) in [6, 6.07) is 14.4. The number of amides is 1. The van der Waals surface area contributed by atoms with Crippen LogP contribution in [0.3, 0.4) is 0 Å². The molecule has 7 heteroatoms. The number of carbonyl (C=O) groups excluding carboxylic acids is 2. The second-order valence-electron chi connectivity index (χ2n) is 8.17. The Morgan fingerprint density at radius 1 is 1.19 bits per heavy atom. The molecule has 0 saturated carbocycles. The molecule has 0 unspecified atom stereocenters. The Kier molecular flexibility index (Phi) is 6.01. The van der Waals surface area contributed by atoms with E-state index in [1.54, 1.807) is 24.0 Å². The Morgan fingerprint density at radius 3 is 2.68 bits per heavy atom. The van der Waals surface area contributed by atoms with Crippen LogP contribution in [0.4, 0.5) is 5.95 Å². The van der Waals surface area contributed by atoms with E-state index in [-0.39, 0.29) is 12.5 Å². The molecule has 4 rings (SSSR count). The van der Waals surface area contributed by atoms with Crippen LogP contribution in [0.15, 0.2) is 48.5 Å². The number of para-hydroxylation sites is 2. The lowest BCUT2D eigenvalue weighted by Crippen LogP contribution is -2.50. The molecular weight excluding hydrogens is 414 g/mol. The number of anilines is 1. The van der Waals surface area contributed by atoms with Gasteiger partial charge < -0.3 is 9.30 Å². The number of fused-ring (bicyclic) bond motifs is 3. The molecule has 162 valence electrons. The van der Waals surface area contributed by atoms with Crippen molar-refractivity contribution in [2.45, 2.75) is 33.2 Å². The minimum absolute atomic E-state index is 0.203. The molecule has 0 spiro atoms. The zero-order valence-corrected chi connectivity index (χ0v) is 18.7. The summed E-state index contributed by atoms with van der Waals surface area (Å²) in [6.07, 6.45) is 0.798. The fourth-order valence-electron chi connectivity index (χ4n) is 4.14. The minimum Gasteiger partial charge on any atom is -0.465 e. The second kappa shape index (κ2) is 8.71. The zero-order valence-electron chi connectivity index (χ0n) is 17.9. The number of rotatable bonds is 6. The predicted molar refractivity (Wildman–Crippen MR) is 121 cm³/mol. The number of halogens is 1. The SMILES string of the molecule is CCOC(=O)[C@@H]1C(=O)N(CCC(C)C)c2nc3ccccc3n2[C@@H]1c1cccc(Cl)c1. The van der Waals surface area contributed by atoms with E-state index >= 15 is 0 Å². The van der Waals surface area contributed by atoms with Gasteiger partial charge in [0.05, 0.1) is 23.7 Å². The molecule has 6 nitrogen and oxygen atoms in total. The van der Waals surface area contributed by atoms with Gasteiger partial charge in [-0.1, -0.05) is 49.7 Å². The van der Waals surface area contributed by atoms with E-state index in [0.717, 1.165) is 23.0 Å². The fourth-order valence-corrected chi connectivity index (χ4v) is 4.34. The van der Waals surface area contributed by atoms with Gasteiger partial charge in [0, 0.05) is 11.6 Å². The van der Waals surface area contributed by atoms with Gasteiger partial charge in [0.2, 0.25) is 11.9 Å². The van der Waals surface area contributed by atoms with E-state index in [1.165, 1.54) is 0 Å². The van der Waals surface area contributed by atoms with Crippen molar-refractivity contribution in [1.29, 1.82) is 0 Å². The van der Waals surface area contributed by atoms with Crippen molar-refractivity contribution in [1.82, 2.24) is 9.55 Å². The van der Waals surface area contributed by atoms with Crippen LogP contribution in [-0.4, -0.2) is 34.6 Å². The van der Waals surface area contributed by atoms with E-state index in [9.17, 15) is 9.59 Å². The summed E-state index contributed by atoms with van der Waals surface area (Å²) in [5, 5.41) is 0.542. The Morgan fingerprint density at radius 2 is 1.97 bits per heavy atom. The summed E-state index contributed by atoms with van der Waals surface area (Å²) in [5.74, 6) is -0.882. The van der Waals surface area contributed by atoms with Crippen molar-refractivity contribution in [2.24, 2.45) is 11.8 Å². The van der Waals surface area contributed by atoms with Gasteiger partial charge in [-0.3, -0.25) is 14.5 Å². The number of imidazole rings is 1. The van der Waals surface area contributed by atoms with Gasteiger partial charge in [0.15, 0.2) is 5.92 Å². The van der Waals surface area contributed by atoms with Crippen LogP contribution >= 0.6 is 11.6 Å². The maximum absolute atomic E-state index is 13.7. The second-order valence-corrected chi connectivity index (χ2v) is 8.61. The van der Waals surface area contributed by atoms with Crippen LogP contribution in [0, 0.1) is 11.8 Å². The van der Waals surface area contributed by atoms with Crippen LogP contribution in [0.1, 0.15) is 38.8 Å². The molecule has 1 aromatic heterocycles. The number of aromatic nitrogens is 2. The molecule has 0 bridgehead atoms.